The summed E-state index contributed by atoms with van der Waals surface area (Å²) in [6.45, 7) is 1.80. The third-order valence-corrected chi connectivity index (χ3v) is 6.74. The molecule has 5 rings (SSSR count). The highest BCUT2D eigenvalue weighted by Gasteiger charge is 2.48. The zero-order valence-electron chi connectivity index (χ0n) is 15.9. The van der Waals surface area contributed by atoms with E-state index in [1.165, 1.54) is 20.6 Å². The summed E-state index contributed by atoms with van der Waals surface area (Å²) in [6, 6.07) is 5.53. The number of hydrogen-bond acceptors (Lipinski definition) is 6. The van der Waals surface area contributed by atoms with Crippen LogP contribution in [0.15, 0.2) is 39.4 Å². The number of hydrogen-bond donors (Lipinski definition) is 0. The van der Waals surface area contributed by atoms with Crippen LogP contribution in [0.2, 0.25) is 0 Å². The van der Waals surface area contributed by atoms with Crippen LogP contribution in [0.1, 0.15) is 34.0 Å². The van der Waals surface area contributed by atoms with Gasteiger partial charge in [-0.05, 0) is 30.4 Å². The number of aryl methyl sites for hydroxylation is 1. The van der Waals surface area contributed by atoms with Gasteiger partial charge in [0.25, 0.3) is 5.91 Å². The molecule has 1 atom stereocenters. The van der Waals surface area contributed by atoms with Gasteiger partial charge in [-0.15, -0.1) is 11.3 Å². The second kappa shape index (κ2) is 6.51. The average molecular weight is 412 g/mol. The molecular weight excluding hydrogens is 392 g/mol. The van der Waals surface area contributed by atoms with E-state index in [2.05, 4.69) is 10.2 Å². The molecule has 0 bridgehead atoms. The lowest BCUT2D eigenvalue weighted by atomic mass is 9.85. The van der Waals surface area contributed by atoms with E-state index in [-0.39, 0.29) is 12.5 Å². The number of amides is 1. The first-order valence-electron chi connectivity index (χ1n) is 9.51. The van der Waals surface area contributed by atoms with Crippen molar-refractivity contribution in [2.24, 2.45) is 7.05 Å². The normalized spacial score (nSPS) is 20.5. The minimum absolute atomic E-state index is 0.116. The molecule has 2 aliphatic rings. The van der Waals surface area contributed by atoms with E-state index in [0.717, 1.165) is 11.3 Å². The van der Waals surface area contributed by atoms with Gasteiger partial charge >= 0.3 is 11.1 Å². The first kappa shape index (κ1) is 18.0. The summed E-state index contributed by atoms with van der Waals surface area (Å²) in [5.41, 5.74) is -1.11. The molecule has 10 heteroatoms. The van der Waals surface area contributed by atoms with Gasteiger partial charge in [0.2, 0.25) is 0 Å². The first-order valence-corrected chi connectivity index (χ1v) is 10.4. The van der Waals surface area contributed by atoms with Gasteiger partial charge in [-0.2, -0.15) is 10.2 Å². The molecule has 9 nitrogen and oxygen atoms in total. The Labute approximate surface area is 169 Å². The molecule has 5 heterocycles. The van der Waals surface area contributed by atoms with Crippen molar-refractivity contribution in [2.45, 2.75) is 31.3 Å². The molecule has 0 radical (unpaired) electrons. The van der Waals surface area contributed by atoms with Crippen LogP contribution in [0.3, 0.4) is 0 Å². The first-order chi connectivity index (χ1) is 14.0. The number of carbonyl (C=O) groups excluding carboxylic acids is 1. The molecular formula is C19H20N6O3S. The Morgan fingerprint density at radius 1 is 1.17 bits per heavy atom. The summed E-state index contributed by atoms with van der Waals surface area (Å²) in [5.74, 6) is 0.505. The van der Waals surface area contributed by atoms with E-state index in [4.69, 9.17) is 0 Å². The Kier molecular flexibility index (Phi) is 4.05. The van der Waals surface area contributed by atoms with E-state index in [1.54, 1.807) is 28.9 Å². The van der Waals surface area contributed by atoms with Gasteiger partial charge in [0.1, 0.15) is 11.5 Å². The third-order valence-electron chi connectivity index (χ3n) is 5.88. The van der Waals surface area contributed by atoms with Crippen molar-refractivity contribution in [3.05, 3.63) is 66.9 Å². The number of likely N-dealkylation sites (tertiary alicyclic amines) is 1. The zero-order chi connectivity index (χ0) is 20.2. The quantitative estimate of drug-likeness (QED) is 0.582. The summed E-state index contributed by atoms with van der Waals surface area (Å²) in [6.07, 6.45) is 3.16. The number of thiophene rings is 1. The van der Waals surface area contributed by atoms with Crippen LogP contribution in [-0.2, 0) is 25.6 Å². The molecule has 2 aliphatic heterocycles. The highest BCUT2D eigenvalue weighted by Crippen LogP contribution is 2.40. The van der Waals surface area contributed by atoms with E-state index in [9.17, 15) is 14.4 Å². The summed E-state index contributed by atoms with van der Waals surface area (Å²) >= 11 is 1.52. The average Bonchev–Trinajstić information content (AvgIpc) is 3.49. The molecule has 3 aromatic heterocycles. The molecule has 150 valence electrons. The van der Waals surface area contributed by atoms with Crippen LogP contribution in [0.25, 0.3) is 0 Å². The van der Waals surface area contributed by atoms with E-state index in [0.29, 0.717) is 37.6 Å². The summed E-state index contributed by atoms with van der Waals surface area (Å²) in [5, 5.41) is 10.7. The van der Waals surface area contributed by atoms with Crippen LogP contribution in [-0.4, -0.2) is 48.0 Å². The molecule has 1 spiro atoms. The fourth-order valence-corrected chi connectivity index (χ4v) is 5.04. The monoisotopic (exact) mass is 412 g/mol. The largest absolute Gasteiger partial charge is 0.336 e. The van der Waals surface area contributed by atoms with Gasteiger partial charge in [-0.1, -0.05) is 6.07 Å². The van der Waals surface area contributed by atoms with Crippen molar-refractivity contribution in [1.82, 2.24) is 29.0 Å². The van der Waals surface area contributed by atoms with Crippen molar-refractivity contribution in [3.63, 3.8) is 0 Å². The number of aromatic nitrogens is 5. The van der Waals surface area contributed by atoms with Crippen LogP contribution >= 0.6 is 11.3 Å². The lowest BCUT2D eigenvalue weighted by molar-refractivity contribution is 0.0776. The third kappa shape index (κ3) is 2.86. The van der Waals surface area contributed by atoms with Crippen molar-refractivity contribution in [1.29, 1.82) is 0 Å². The van der Waals surface area contributed by atoms with Gasteiger partial charge in [0, 0.05) is 37.8 Å². The summed E-state index contributed by atoms with van der Waals surface area (Å²) < 4.78 is 4.38. The van der Waals surface area contributed by atoms with Gasteiger partial charge in [0.15, 0.2) is 0 Å². The van der Waals surface area contributed by atoms with Crippen molar-refractivity contribution >= 4 is 17.2 Å². The molecule has 0 aromatic carbocycles. The number of rotatable bonds is 3. The van der Waals surface area contributed by atoms with Crippen LogP contribution < -0.4 is 11.1 Å². The minimum atomic E-state index is -0.599. The van der Waals surface area contributed by atoms with Crippen molar-refractivity contribution in [2.75, 3.05) is 13.1 Å². The molecule has 1 amide bonds. The van der Waals surface area contributed by atoms with Gasteiger partial charge in [0.05, 0.1) is 12.0 Å². The minimum Gasteiger partial charge on any atom is -0.336 e. The molecule has 1 fully saturated rings. The van der Waals surface area contributed by atoms with Crippen molar-refractivity contribution < 1.29 is 4.79 Å². The SMILES string of the molecule is Cn1ccc(C(=O)N2CC[C@@]3(CCn4c3nn(Cc3cccs3)c(=O)c4=O)C2)n1. The molecule has 1 saturated heterocycles. The zero-order valence-corrected chi connectivity index (χ0v) is 16.8. The summed E-state index contributed by atoms with van der Waals surface area (Å²) in [7, 11) is 1.78. The lowest BCUT2D eigenvalue weighted by Crippen LogP contribution is -2.45. The molecule has 0 aliphatic carbocycles. The van der Waals surface area contributed by atoms with Crippen LogP contribution in [0.4, 0.5) is 0 Å². The van der Waals surface area contributed by atoms with Crippen LogP contribution in [0.5, 0.6) is 0 Å². The maximum Gasteiger partial charge on any atom is 0.332 e. The maximum absolute atomic E-state index is 12.8. The number of nitrogens with zero attached hydrogens (tertiary/aromatic N) is 6. The Bertz CT molecular complexity index is 1210. The van der Waals surface area contributed by atoms with E-state index in [1.807, 2.05) is 17.5 Å². The topological polar surface area (TPSA) is 95.0 Å². The highest BCUT2D eigenvalue weighted by molar-refractivity contribution is 7.09. The summed E-state index contributed by atoms with van der Waals surface area (Å²) in [4.78, 5) is 40.8. The molecule has 0 N–H and O–H groups in total. The molecule has 0 saturated carbocycles. The fraction of sp³-hybridized carbons (Fsp3) is 0.421. The Hall–Kier alpha value is -3.01. The highest BCUT2D eigenvalue weighted by atomic mass is 32.1. The number of carbonyl (C=O) groups is 1. The number of fused-ring (bicyclic) bond motifs is 2. The van der Waals surface area contributed by atoms with Crippen LogP contribution in [0, 0.1) is 0 Å². The van der Waals surface area contributed by atoms with Gasteiger partial charge in [-0.25, -0.2) is 4.68 Å². The standard InChI is InChI=1S/C19H20N6O3S/c1-22-7-4-14(20-22)15(26)23-8-5-19(12-23)6-9-24-16(27)17(28)25(21-18(19)24)11-13-3-2-10-29-13/h2-4,7,10H,5-6,8-9,11-12H2,1H3/t19-/m1/s1. The lowest BCUT2D eigenvalue weighted by Gasteiger charge is -2.23. The maximum atomic E-state index is 12.8. The Morgan fingerprint density at radius 2 is 2.00 bits per heavy atom. The van der Waals surface area contributed by atoms with Gasteiger partial charge in [-0.3, -0.25) is 23.6 Å². The second-order valence-electron chi connectivity index (χ2n) is 7.70. The predicted molar refractivity (Wildman–Crippen MR) is 106 cm³/mol. The molecule has 3 aromatic rings. The molecule has 0 unspecified atom stereocenters. The van der Waals surface area contributed by atoms with E-state index < -0.39 is 16.5 Å². The predicted octanol–water partition coefficient (Wildman–Crippen LogP) is 0.436. The molecule has 29 heavy (non-hydrogen) atoms. The smallest absolute Gasteiger partial charge is 0.332 e. The van der Waals surface area contributed by atoms with Gasteiger partial charge < -0.3 is 4.90 Å². The van der Waals surface area contributed by atoms with E-state index >= 15 is 0 Å². The van der Waals surface area contributed by atoms with Crippen molar-refractivity contribution in [3.8, 4) is 0 Å². The Morgan fingerprint density at radius 3 is 2.72 bits per heavy atom. The Balaban J connectivity index is 1.49. The second-order valence-corrected chi connectivity index (χ2v) is 8.74. The fourth-order valence-electron chi connectivity index (χ4n) is 4.35.